The third-order valence-electron chi connectivity index (χ3n) is 3.43. The molecular weight excluding hydrogens is 274 g/mol. The predicted molar refractivity (Wildman–Crippen MR) is 80.4 cm³/mol. The summed E-state index contributed by atoms with van der Waals surface area (Å²) in [5.41, 5.74) is 1.63. The molecule has 0 bridgehead atoms. The van der Waals surface area contributed by atoms with Crippen LogP contribution in [0.3, 0.4) is 0 Å². The van der Waals surface area contributed by atoms with E-state index in [1.165, 1.54) is 0 Å². The van der Waals surface area contributed by atoms with Crippen molar-refractivity contribution in [1.82, 2.24) is 5.32 Å². The summed E-state index contributed by atoms with van der Waals surface area (Å²) in [4.78, 5) is 27.7. The van der Waals surface area contributed by atoms with E-state index >= 15 is 0 Å². The zero-order chi connectivity index (χ0) is 14.3. The highest BCUT2D eigenvalue weighted by atomic mass is 32.2. The monoisotopic (exact) mass is 289 g/mol. The lowest BCUT2D eigenvalue weighted by atomic mass is 10.1. The van der Waals surface area contributed by atoms with Crippen LogP contribution in [0.1, 0.15) is 34.6 Å². The number of thioether (sulfide) groups is 1. The van der Waals surface area contributed by atoms with Crippen LogP contribution in [0.2, 0.25) is 0 Å². The largest absolute Gasteiger partial charge is 0.335 e. The Balaban J connectivity index is 1.80. The molecule has 0 aliphatic carbocycles. The van der Waals surface area contributed by atoms with Crippen LogP contribution in [-0.2, 0) is 0 Å². The Bertz CT molecular complexity index is 625. The van der Waals surface area contributed by atoms with Gasteiger partial charge < -0.3 is 5.32 Å². The third kappa shape index (κ3) is 2.31. The Morgan fingerprint density at radius 3 is 2.75 bits per heavy atom. The molecule has 104 valence electrons. The van der Waals surface area contributed by atoms with E-state index in [9.17, 15) is 9.59 Å². The van der Waals surface area contributed by atoms with Crippen LogP contribution in [0.4, 0.5) is 5.69 Å². The Morgan fingerprint density at radius 2 is 2.05 bits per heavy atom. The van der Waals surface area contributed by atoms with E-state index in [1.807, 2.05) is 0 Å². The molecule has 5 nitrogen and oxygen atoms in total. The van der Waals surface area contributed by atoms with Crippen molar-refractivity contribution < 1.29 is 9.59 Å². The fourth-order valence-electron chi connectivity index (χ4n) is 2.17. The Labute approximate surface area is 121 Å². The number of aliphatic imine (C=N–C) groups is 1. The lowest BCUT2D eigenvalue weighted by Crippen LogP contribution is -2.19. The summed E-state index contributed by atoms with van der Waals surface area (Å²) in [6.45, 7) is 4.31. The first-order valence-electron chi connectivity index (χ1n) is 6.52. The van der Waals surface area contributed by atoms with Gasteiger partial charge in [0.25, 0.3) is 11.8 Å². The summed E-state index contributed by atoms with van der Waals surface area (Å²) in [6, 6.07) is 5.49. The second-order valence-corrected chi connectivity index (χ2v) is 6.23. The van der Waals surface area contributed by atoms with E-state index in [-0.39, 0.29) is 11.8 Å². The first-order valence-corrected chi connectivity index (χ1v) is 7.50. The first kappa shape index (κ1) is 13.2. The number of carbonyl (C=O) groups excluding carboxylic acids is 2. The maximum Gasteiger partial charge on any atom is 0.259 e. The topological polar surface area (TPSA) is 70.6 Å². The zero-order valence-corrected chi connectivity index (χ0v) is 12.1. The van der Waals surface area contributed by atoms with Crippen molar-refractivity contribution in [3.63, 3.8) is 0 Å². The number of anilines is 1. The standard InChI is InChI=1S/C14H15N3O2S/c1-7(2)11-6-20-14(16-11)15-8-3-4-9-10(5-8)13(19)17-12(9)18/h3-5,7,11H,6H2,1-2H3,(H,15,16)(H,17,18,19)/t11-/m1/s1. The summed E-state index contributed by atoms with van der Waals surface area (Å²) in [5, 5.41) is 6.37. The minimum absolute atomic E-state index is 0.330. The molecule has 20 heavy (non-hydrogen) atoms. The van der Waals surface area contributed by atoms with E-state index < -0.39 is 0 Å². The summed E-state index contributed by atoms with van der Waals surface area (Å²) < 4.78 is 0. The fourth-order valence-corrected chi connectivity index (χ4v) is 3.36. The van der Waals surface area contributed by atoms with Crippen molar-refractivity contribution in [1.29, 1.82) is 0 Å². The van der Waals surface area contributed by atoms with Crippen molar-refractivity contribution in [2.75, 3.05) is 11.1 Å². The summed E-state index contributed by atoms with van der Waals surface area (Å²) in [5.74, 6) is 0.827. The van der Waals surface area contributed by atoms with Crippen LogP contribution in [0.5, 0.6) is 0 Å². The van der Waals surface area contributed by atoms with Crippen LogP contribution in [-0.4, -0.2) is 28.8 Å². The van der Waals surface area contributed by atoms with Crippen LogP contribution in [0, 0.1) is 5.92 Å². The van der Waals surface area contributed by atoms with Gasteiger partial charge in [-0.15, -0.1) is 0 Å². The summed E-state index contributed by atoms with van der Waals surface area (Å²) in [7, 11) is 0. The van der Waals surface area contributed by atoms with Gasteiger partial charge in [0.15, 0.2) is 5.17 Å². The number of carbonyl (C=O) groups is 2. The Morgan fingerprint density at radius 1 is 1.30 bits per heavy atom. The molecule has 0 radical (unpaired) electrons. The van der Waals surface area contributed by atoms with Gasteiger partial charge in [-0.05, 0) is 24.1 Å². The van der Waals surface area contributed by atoms with Gasteiger partial charge in [0.2, 0.25) is 0 Å². The molecule has 2 aliphatic rings. The Kier molecular flexibility index (Phi) is 3.25. The SMILES string of the molecule is CC(C)[C@H]1CSC(Nc2ccc3c(c2)C(=O)NC3=O)=N1. The maximum absolute atomic E-state index is 11.6. The van der Waals surface area contributed by atoms with E-state index in [1.54, 1.807) is 30.0 Å². The molecule has 2 amide bonds. The molecule has 0 saturated carbocycles. The van der Waals surface area contributed by atoms with Gasteiger partial charge in [0, 0.05) is 11.4 Å². The van der Waals surface area contributed by atoms with Crippen molar-refractivity contribution in [2.45, 2.75) is 19.9 Å². The summed E-state index contributed by atoms with van der Waals surface area (Å²) in [6.07, 6.45) is 0. The highest BCUT2D eigenvalue weighted by Gasteiger charge is 2.27. The number of nitrogens with one attached hydrogen (secondary N) is 2. The average molecular weight is 289 g/mol. The molecule has 6 heteroatoms. The number of hydrogen-bond donors (Lipinski definition) is 2. The number of amides is 2. The highest BCUT2D eigenvalue weighted by Crippen LogP contribution is 2.26. The minimum Gasteiger partial charge on any atom is -0.335 e. The molecule has 2 N–H and O–H groups in total. The quantitative estimate of drug-likeness (QED) is 0.818. The van der Waals surface area contributed by atoms with E-state index in [0.29, 0.717) is 23.1 Å². The number of imide groups is 1. The smallest absolute Gasteiger partial charge is 0.259 e. The number of benzene rings is 1. The van der Waals surface area contributed by atoms with Crippen molar-refractivity contribution in [2.24, 2.45) is 10.9 Å². The molecule has 2 heterocycles. The normalized spacial score (nSPS) is 20.9. The van der Waals surface area contributed by atoms with Gasteiger partial charge in [-0.25, -0.2) is 0 Å². The number of rotatable bonds is 2. The Hall–Kier alpha value is -1.82. The van der Waals surface area contributed by atoms with E-state index in [2.05, 4.69) is 29.5 Å². The van der Waals surface area contributed by atoms with Crippen LogP contribution in [0.25, 0.3) is 0 Å². The molecule has 0 fully saturated rings. The number of hydrogen-bond acceptors (Lipinski definition) is 5. The molecule has 1 atom stereocenters. The minimum atomic E-state index is -0.338. The lowest BCUT2D eigenvalue weighted by Gasteiger charge is -2.08. The van der Waals surface area contributed by atoms with Gasteiger partial charge in [-0.1, -0.05) is 25.6 Å². The van der Waals surface area contributed by atoms with E-state index in [0.717, 1.165) is 16.6 Å². The van der Waals surface area contributed by atoms with Crippen LogP contribution in [0.15, 0.2) is 23.2 Å². The van der Waals surface area contributed by atoms with Gasteiger partial charge in [-0.3, -0.25) is 19.9 Å². The fraction of sp³-hybridized carbons (Fsp3) is 0.357. The molecule has 1 aromatic rings. The molecule has 3 rings (SSSR count). The number of amidine groups is 1. The van der Waals surface area contributed by atoms with Gasteiger partial charge in [0.1, 0.15) is 0 Å². The van der Waals surface area contributed by atoms with Crippen molar-refractivity contribution in [3.05, 3.63) is 29.3 Å². The van der Waals surface area contributed by atoms with Crippen molar-refractivity contribution in [3.8, 4) is 0 Å². The van der Waals surface area contributed by atoms with Crippen molar-refractivity contribution >= 4 is 34.4 Å². The maximum atomic E-state index is 11.6. The molecular formula is C14H15N3O2S. The molecule has 0 unspecified atom stereocenters. The lowest BCUT2D eigenvalue weighted by molar-refractivity contribution is 0.0879. The van der Waals surface area contributed by atoms with Gasteiger partial charge >= 0.3 is 0 Å². The van der Waals surface area contributed by atoms with Crippen LogP contribution >= 0.6 is 11.8 Å². The van der Waals surface area contributed by atoms with Gasteiger partial charge in [-0.2, -0.15) is 0 Å². The predicted octanol–water partition coefficient (Wildman–Crippen LogP) is 2.11. The zero-order valence-electron chi connectivity index (χ0n) is 11.3. The van der Waals surface area contributed by atoms with E-state index in [4.69, 9.17) is 0 Å². The van der Waals surface area contributed by atoms with Crippen LogP contribution < -0.4 is 10.6 Å². The first-order chi connectivity index (χ1) is 9.54. The molecule has 1 aromatic carbocycles. The molecule has 0 saturated heterocycles. The highest BCUT2D eigenvalue weighted by molar-refractivity contribution is 8.14. The number of nitrogens with zero attached hydrogens (tertiary/aromatic N) is 1. The molecule has 2 aliphatic heterocycles. The van der Waals surface area contributed by atoms with Gasteiger partial charge in [0.05, 0.1) is 17.2 Å². The third-order valence-corrected chi connectivity index (χ3v) is 4.42. The second kappa shape index (κ2) is 4.94. The second-order valence-electron chi connectivity index (χ2n) is 5.23. The summed E-state index contributed by atoms with van der Waals surface area (Å²) >= 11 is 1.68. The molecule has 0 aromatic heterocycles. The average Bonchev–Trinajstić information content (AvgIpc) is 2.96. The molecule has 0 spiro atoms. The number of fused-ring (bicyclic) bond motifs is 1.